The molecule has 186 valence electrons. The second kappa shape index (κ2) is 11.6. The van der Waals surface area contributed by atoms with Crippen molar-refractivity contribution >= 4 is 35.7 Å². The molecule has 2 aromatic carbocycles. The quantitative estimate of drug-likeness (QED) is 0.380. The minimum absolute atomic E-state index is 0.270. The van der Waals surface area contributed by atoms with E-state index in [-0.39, 0.29) is 5.91 Å². The van der Waals surface area contributed by atoms with Crippen LogP contribution in [0, 0.1) is 0 Å². The van der Waals surface area contributed by atoms with E-state index in [4.69, 9.17) is 15.0 Å². The summed E-state index contributed by atoms with van der Waals surface area (Å²) in [5.74, 6) is 1.73. The molecule has 2 aliphatic rings. The van der Waals surface area contributed by atoms with Crippen LogP contribution in [-0.2, 0) is 0 Å². The molecule has 0 bridgehead atoms. The summed E-state index contributed by atoms with van der Waals surface area (Å²) in [6, 6.07) is 16.8. The van der Waals surface area contributed by atoms with Crippen molar-refractivity contribution in [2.24, 2.45) is 5.10 Å². The number of hydrogen-bond acceptors (Lipinski definition) is 8. The number of piperidine rings is 2. The molecule has 1 amide bonds. The normalized spacial score (nSPS) is 16.2. The first-order chi connectivity index (χ1) is 17.7. The van der Waals surface area contributed by atoms with Crippen LogP contribution in [0.3, 0.4) is 0 Å². The molecule has 0 spiro atoms. The van der Waals surface area contributed by atoms with Gasteiger partial charge in [-0.3, -0.25) is 4.79 Å². The van der Waals surface area contributed by atoms with Crippen molar-refractivity contribution in [3.05, 3.63) is 65.7 Å². The van der Waals surface area contributed by atoms with Gasteiger partial charge in [-0.05, 0) is 68.4 Å². The van der Waals surface area contributed by atoms with E-state index < -0.39 is 0 Å². The molecule has 9 nitrogen and oxygen atoms in total. The van der Waals surface area contributed by atoms with Gasteiger partial charge < -0.3 is 15.1 Å². The summed E-state index contributed by atoms with van der Waals surface area (Å²) in [4.78, 5) is 31.3. The van der Waals surface area contributed by atoms with Gasteiger partial charge >= 0.3 is 0 Å². The van der Waals surface area contributed by atoms with Crippen LogP contribution in [0.4, 0.5) is 23.5 Å². The predicted octanol–water partition coefficient (Wildman–Crippen LogP) is 4.36. The maximum Gasteiger partial charge on any atom is 0.271 e. The standard InChI is InChI=1S/C27H32N8O/c36-24(33-28-20-21-10-4-1-5-11-21)22-12-14-23(15-13-22)29-25-30-26(34-16-6-2-7-17-34)32-27(31-25)35-18-8-3-9-19-35/h1,4-5,10-15,20H,2-3,6-9,16-19H2,(H,33,36)(H,29,30,31,32)/b28-20+. The van der Waals surface area contributed by atoms with Crippen LogP contribution in [0.1, 0.15) is 54.4 Å². The number of aromatic nitrogens is 3. The molecule has 2 saturated heterocycles. The Morgan fingerprint density at radius 1 is 0.750 bits per heavy atom. The molecule has 1 aromatic heterocycles. The first kappa shape index (κ1) is 23.7. The van der Waals surface area contributed by atoms with Gasteiger partial charge in [-0.15, -0.1) is 0 Å². The molecule has 0 saturated carbocycles. The Balaban J connectivity index is 1.28. The lowest BCUT2D eigenvalue weighted by molar-refractivity contribution is 0.0955. The fourth-order valence-corrected chi connectivity index (χ4v) is 4.48. The van der Waals surface area contributed by atoms with Crippen LogP contribution >= 0.6 is 0 Å². The Kier molecular flexibility index (Phi) is 7.65. The zero-order chi connectivity index (χ0) is 24.6. The molecule has 0 aliphatic carbocycles. The monoisotopic (exact) mass is 484 g/mol. The SMILES string of the molecule is O=C(N/N=C/c1ccccc1)c1ccc(Nc2nc(N3CCCCC3)nc(N3CCCCC3)n2)cc1. The Labute approximate surface area is 211 Å². The molecule has 2 N–H and O–H groups in total. The molecule has 0 radical (unpaired) electrons. The highest BCUT2D eigenvalue weighted by Crippen LogP contribution is 2.24. The van der Waals surface area contributed by atoms with E-state index in [1.54, 1.807) is 18.3 Å². The molecule has 2 fully saturated rings. The second-order valence-corrected chi connectivity index (χ2v) is 9.17. The van der Waals surface area contributed by atoms with E-state index in [0.717, 1.165) is 75.0 Å². The molecule has 36 heavy (non-hydrogen) atoms. The molecule has 0 unspecified atom stereocenters. The van der Waals surface area contributed by atoms with Crippen molar-refractivity contribution < 1.29 is 4.79 Å². The van der Waals surface area contributed by atoms with E-state index in [2.05, 4.69) is 25.6 Å². The van der Waals surface area contributed by atoms with Crippen molar-refractivity contribution in [1.29, 1.82) is 0 Å². The van der Waals surface area contributed by atoms with Crippen LogP contribution in [0.25, 0.3) is 0 Å². The summed E-state index contributed by atoms with van der Waals surface area (Å²) in [7, 11) is 0. The maximum atomic E-state index is 12.5. The van der Waals surface area contributed by atoms with Crippen LogP contribution in [0.2, 0.25) is 0 Å². The number of nitrogens with one attached hydrogen (secondary N) is 2. The molecule has 0 atom stereocenters. The highest BCUT2D eigenvalue weighted by molar-refractivity contribution is 5.95. The number of hydrazone groups is 1. The summed E-state index contributed by atoms with van der Waals surface area (Å²) in [6.45, 7) is 3.89. The van der Waals surface area contributed by atoms with E-state index in [9.17, 15) is 4.79 Å². The molecule has 3 aromatic rings. The van der Waals surface area contributed by atoms with Gasteiger partial charge in [0.25, 0.3) is 5.91 Å². The minimum atomic E-state index is -0.270. The molecule has 5 rings (SSSR count). The van der Waals surface area contributed by atoms with Crippen LogP contribution in [-0.4, -0.2) is 53.3 Å². The number of carbonyl (C=O) groups excluding carboxylic acids is 1. The highest BCUT2D eigenvalue weighted by Gasteiger charge is 2.20. The van der Waals surface area contributed by atoms with Gasteiger partial charge in [-0.2, -0.15) is 20.1 Å². The maximum absolute atomic E-state index is 12.5. The minimum Gasteiger partial charge on any atom is -0.341 e. The summed E-state index contributed by atoms with van der Waals surface area (Å²) in [6.07, 6.45) is 8.76. The molecule has 2 aliphatic heterocycles. The van der Waals surface area contributed by atoms with Crippen LogP contribution in [0.5, 0.6) is 0 Å². The summed E-state index contributed by atoms with van der Waals surface area (Å²) >= 11 is 0. The number of nitrogens with zero attached hydrogens (tertiary/aromatic N) is 6. The van der Waals surface area contributed by atoms with Crippen molar-refractivity contribution in [2.75, 3.05) is 41.3 Å². The lowest BCUT2D eigenvalue weighted by Crippen LogP contribution is -2.34. The van der Waals surface area contributed by atoms with Crippen molar-refractivity contribution in [1.82, 2.24) is 20.4 Å². The smallest absolute Gasteiger partial charge is 0.271 e. The number of amides is 1. The van der Waals surface area contributed by atoms with Gasteiger partial charge in [0.05, 0.1) is 6.21 Å². The highest BCUT2D eigenvalue weighted by atomic mass is 16.2. The third-order valence-electron chi connectivity index (χ3n) is 6.47. The number of hydrogen-bond donors (Lipinski definition) is 2. The average Bonchev–Trinajstić information content (AvgIpc) is 2.95. The van der Waals surface area contributed by atoms with E-state index in [1.807, 2.05) is 42.5 Å². The lowest BCUT2D eigenvalue weighted by Gasteiger charge is -2.30. The Morgan fingerprint density at radius 2 is 1.33 bits per heavy atom. The largest absolute Gasteiger partial charge is 0.341 e. The zero-order valence-corrected chi connectivity index (χ0v) is 20.4. The summed E-state index contributed by atoms with van der Waals surface area (Å²) in [5, 5.41) is 7.36. The lowest BCUT2D eigenvalue weighted by atomic mass is 10.1. The number of rotatable bonds is 7. The van der Waals surface area contributed by atoms with Gasteiger partial charge in [-0.1, -0.05) is 30.3 Å². The summed E-state index contributed by atoms with van der Waals surface area (Å²) < 4.78 is 0. The third kappa shape index (κ3) is 6.16. The third-order valence-corrected chi connectivity index (χ3v) is 6.47. The molecule has 3 heterocycles. The zero-order valence-electron chi connectivity index (χ0n) is 20.4. The Morgan fingerprint density at radius 3 is 1.92 bits per heavy atom. The van der Waals surface area contributed by atoms with Gasteiger partial charge in [-0.25, -0.2) is 5.43 Å². The van der Waals surface area contributed by atoms with Crippen LogP contribution < -0.4 is 20.5 Å². The van der Waals surface area contributed by atoms with E-state index >= 15 is 0 Å². The molecule has 9 heteroatoms. The second-order valence-electron chi connectivity index (χ2n) is 9.17. The molecular weight excluding hydrogens is 452 g/mol. The average molecular weight is 485 g/mol. The fraction of sp³-hybridized carbons (Fsp3) is 0.370. The van der Waals surface area contributed by atoms with Crippen molar-refractivity contribution in [3.63, 3.8) is 0 Å². The number of carbonyl (C=O) groups is 1. The van der Waals surface area contributed by atoms with Gasteiger partial charge in [0, 0.05) is 37.4 Å². The Bertz CT molecular complexity index is 1130. The van der Waals surface area contributed by atoms with Crippen molar-refractivity contribution in [3.8, 4) is 0 Å². The number of anilines is 4. The van der Waals surface area contributed by atoms with Gasteiger partial charge in [0.2, 0.25) is 17.8 Å². The van der Waals surface area contributed by atoms with E-state index in [1.165, 1.54) is 12.8 Å². The number of benzene rings is 2. The van der Waals surface area contributed by atoms with Gasteiger partial charge in [0.15, 0.2) is 0 Å². The van der Waals surface area contributed by atoms with Crippen LogP contribution in [0.15, 0.2) is 59.7 Å². The molecular formula is C27H32N8O. The van der Waals surface area contributed by atoms with Crippen molar-refractivity contribution in [2.45, 2.75) is 38.5 Å². The van der Waals surface area contributed by atoms with Gasteiger partial charge in [0.1, 0.15) is 0 Å². The fourth-order valence-electron chi connectivity index (χ4n) is 4.48. The topological polar surface area (TPSA) is 98.6 Å². The Hall–Kier alpha value is -4.01. The summed E-state index contributed by atoms with van der Waals surface area (Å²) in [5.41, 5.74) is 4.81. The first-order valence-corrected chi connectivity index (χ1v) is 12.8. The van der Waals surface area contributed by atoms with E-state index in [0.29, 0.717) is 11.5 Å². The first-order valence-electron chi connectivity index (χ1n) is 12.8. The predicted molar refractivity (Wildman–Crippen MR) is 143 cm³/mol.